The molecule has 3 aromatic rings. The van der Waals surface area contributed by atoms with E-state index in [1.54, 1.807) is 31.4 Å². The van der Waals surface area contributed by atoms with Gasteiger partial charge in [0.25, 0.3) is 0 Å². The van der Waals surface area contributed by atoms with Gasteiger partial charge in [0.1, 0.15) is 5.75 Å². The van der Waals surface area contributed by atoms with Crippen LogP contribution in [0.2, 0.25) is 0 Å². The van der Waals surface area contributed by atoms with Crippen molar-refractivity contribution in [2.75, 3.05) is 12.9 Å². The van der Waals surface area contributed by atoms with Gasteiger partial charge in [-0.25, -0.2) is 13.1 Å². The molecule has 0 fully saturated rings. The summed E-state index contributed by atoms with van der Waals surface area (Å²) >= 11 is 0. The van der Waals surface area contributed by atoms with E-state index in [1.807, 2.05) is 30.3 Å². The van der Waals surface area contributed by atoms with Crippen LogP contribution < -0.4 is 9.46 Å². The maximum absolute atomic E-state index is 12.1. The zero-order valence-corrected chi connectivity index (χ0v) is 15.8. The maximum atomic E-state index is 12.1. The summed E-state index contributed by atoms with van der Waals surface area (Å²) in [6, 6.07) is 17.0. The van der Waals surface area contributed by atoms with Crippen molar-refractivity contribution in [1.82, 2.24) is 14.9 Å². The summed E-state index contributed by atoms with van der Waals surface area (Å²) in [5, 5.41) is 3.88. The second kappa shape index (κ2) is 8.79. The normalized spacial score (nSPS) is 11.4. The van der Waals surface area contributed by atoms with E-state index in [1.165, 1.54) is 0 Å². The van der Waals surface area contributed by atoms with Crippen LogP contribution in [0.1, 0.15) is 17.9 Å². The third-order valence-electron chi connectivity index (χ3n) is 3.98. The van der Waals surface area contributed by atoms with Gasteiger partial charge in [0, 0.05) is 5.56 Å². The van der Waals surface area contributed by atoms with Crippen LogP contribution in [0, 0.1) is 0 Å². The fraction of sp³-hybridized carbons (Fsp3) is 0.263. The Bertz CT molecular complexity index is 954. The molecule has 8 heteroatoms. The molecule has 0 aliphatic carbocycles. The van der Waals surface area contributed by atoms with Gasteiger partial charge in [0.2, 0.25) is 21.7 Å². The standard InChI is InChI=1S/C19H21N3O4S/c1-25-17-11-9-16(10-12-17)19-21-18(26-22-19)14-20-27(23,24)13-5-8-15-6-3-2-4-7-15/h2-4,6-7,9-12,20H,5,8,13-14H2,1H3. The van der Waals surface area contributed by atoms with Gasteiger partial charge in [0.15, 0.2) is 0 Å². The predicted molar refractivity (Wildman–Crippen MR) is 102 cm³/mol. The SMILES string of the molecule is COc1ccc(-c2noc(CNS(=O)(=O)CCCc3ccccc3)n2)cc1. The molecule has 0 saturated carbocycles. The molecule has 0 aliphatic rings. The number of benzene rings is 2. The lowest BCUT2D eigenvalue weighted by Crippen LogP contribution is -2.26. The molecule has 3 rings (SSSR count). The Balaban J connectivity index is 1.51. The minimum absolute atomic E-state index is 0.0309. The lowest BCUT2D eigenvalue weighted by atomic mass is 10.1. The summed E-state index contributed by atoms with van der Waals surface area (Å²) in [5.74, 6) is 1.38. The number of nitrogens with zero attached hydrogens (tertiary/aromatic N) is 2. The number of rotatable bonds is 9. The average molecular weight is 387 g/mol. The van der Waals surface area contributed by atoms with E-state index in [9.17, 15) is 8.42 Å². The summed E-state index contributed by atoms with van der Waals surface area (Å²) in [6.45, 7) is -0.0309. The first-order chi connectivity index (χ1) is 13.1. The van der Waals surface area contributed by atoms with E-state index in [4.69, 9.17) is 9.26 Å². The smallest absolute Gasteiger partial charge is 0.242 e. The summed E-state index contributed by atoms with van der Waals surface area (Å²) in [6.07, 6.45) is 1.25. The van der Waals surface area contributed by atoms with Gasteiger partial charge >= 0.3 is 0 Å². The van der Waals surface area contributed by atoms with Gasteiger partial charge in [0.05, 0.1) is 19.4 Å². The van der Waals surface area contributed by atoms with Crippen molar-refractivity contribution in [2.24, 2.45) is 0 Å². The largest absolute Gasteiger partial charge is 0.497 e. The van der Waals surface area contributed by atoms with Gasteiger partial charge in [-0.3, -0.25) is 0 Å². The molecule has 0 bridgehead atoms. The number of ether oxygens (including phenoxy) is 1. The van der Waals surface area contributed by atoms with Crippen molar-refractivity contribution in [3.05, 3.63) is 66.1 Å². The lowest BCUT2D eigenvalue weighted by Gasteiger charge is -2.04. The molecule has 1 aromatic heterocycles. The van der Waals surface area contributed by atoms with Crippen molar-refractivity contribution in [3.8, 4) is 17.1 Å². The number of methoxy groups -OCH3 is 1. The third kappa shape index (κ3) is 5.63. The minimum Gasteiger partial charge on any atom is -0.497 e. The van der Waals surface area contributed by atoms with Crippen LogP contribution in [0.15, 0.2) is 59.1 Å². The van der Waals surface area contributed by atoms with Crippen molar-refractivity contribution in [2.45, 2.75) is 19.4 Å². The van der Waals surface area contributed by atoms with E-state index in [0.717, 1.165) is 16.9 Å². The van der Waals surface area contributed by atoms with Crippen LogP contribution in [-0.4, -0.2) is 31.4 Å². The molecule has 1 heterocycles. The van der Waals surface area contributed by atoms with Crippen LogP contribution in [0.25, 0.3) is 11.4 Å². The Morgan fingerprint density at radius 1 is 1.07 bits per heavy atom. The van der Waals surface area contributed by atoms with Crippen LogP contribution in [0.3, 0.4) is 0 Å². The number of hydrogen-bond donors (Lipinski definition) is 1. The van der Waals surface area contributed by atoms with Crippen LogP contribution >= 0.6 is 0 Å². The topological polar surface area (TPSA) is 94.3 Å². The average Bonchev–Trinajstić information content (AvgIpc) is 3.16. The number of hydrogen-bond acceptors (Lipinski definition) is 6. The van der Waals surface area contributed by atoms with Gasteiger partial charge in [-0.1, -0.05) is 35.5 Å². The number of nitrogens with one attached hydrogen (secondary N) is 1. The molecule has 2 aromatic carbocycles. The summed E-state index contributed by atoms with van der Waals surface area (Å²) < 4.78 is 37.0. The summed E-state index contributed by atoms with van der Waals surface area (Å²) in [7, 11) is -1.82. The summed E-state index contributed by atoms with van der Waals surface area (Å²) in [5.41, 5.74) is 1.88. The second-order valence-corrected chi connectivity index (χ2v) is 7.90. The molecular weight excluding hydrogens is 366 g/mol. The van der Waals surface area contributed by atoms with E-state index >= 15 is 0 Å². The number of aromatic nitrogens is 2. The van der Waals surface area contributed by atoms with Gasteiger partial charge < -0.3 is 9.26 Å². The van der Waals surface area contributed by atoms with Crippen molar-refractivity contribution in [1.29, 1.82) is 0 Å². The Morgan fingerprint density at radius 2 is 1.81 bits per heavy atom. The minimum atomic E-state index is -3.41. The third-order valence-corrected chi connectivity index (χ3v) is 5.39. The highest BCUT2D eigenvalue weighted by molar-refractivity contribution is 7.89. The zero-order valence-electron chi connectivity index (χ0n) is 15.0. The van der Waals surface area contributed by atoms with Crippen molar-refractivity contribution >= 4 is 10.0 Å². The molecule has 0 spiro atoms. The molecule has 7 nitrogen and oxygen atoms in total. The fourth-order valence-corrected chi connectivity index (χ4v) is 3.55. The molecule has 0 radical (unpaired) electrons. The molecule has 1 N–H and O–H groups in total. The Kier molecular flexibility index (Phi) is 6.20. The number of sulfonamides is 1. The molecule has 142 valence electrons. The zero-order chi connectivity index (χ0) is 19.1. The predicted octanol–water partition coefficient (Wildman–Crippen LogP) is 2.80. The number of aryl methyl sites for hydroxylation is 1. The van der Waals surface area contributed by atoms with E-state index in [0.29, 0.717) is 18.7 Å². The monoisotopic (exact) mass is 387 g/mol. The first-order valence-corrected chi connectivity index (χ1v) is 10.2. The Labute approximate surface area is 158 Å². The van der Waals surface area contributed by atoms with Crippen LogP contribution in [0.4, 0.5) is 0 Å². The molecule has 0 aliphatic heterocycles. The lowest BCUT2D eigenvalue weighted by molar-refractivity contribution is 0.376. The summed E-state index contributed by atoms with van der Waals surface area (Å²) in [4.78, 5) is 4.22. The molecule has 0 unspecified atom stereocenters. The van der Waals surface area contributed by atoms with Crippen LogP contribution in [-0.2, 0) is 23.0 Å². The quantitative estimate of drug-likeness (QED) is 0.607. The van der Waals surface area contributed by atoms with Crippen molar-refractivity contribution in [3.63, 3.8) is 0 Å². The Morgan fingerprint density at radius 3 is 2.52 bits per heavy atom. The maximum Gasteiger partial charge on any atom is 0.242 e. The van der Waals surface area contributed by atoms with E-state index in [-0.39, 0.29) is 18.2 Å². The van der Waals surface area contributed by atoms with Crippen LogP contribution in [0.5, 0.6) is 5.75 Å². The highest BCUT2D eigenvalue weighted by Crippen LogP contribution is 2.19. The molecule has 0 atom stereocenters. The van der Waals surface area contributed by atoms with E-state index < -0.39 is 10.0 Å². The molecular formula is C19H21N3O4S. The van der Waals surface area contributed by atoms with Gasteiger partial charge in [-0.2, -0.15) is 4.98 Å². The second-order valence-electron chi connectivity index (χ2n) is 5.97. The van der Waals surface area contributed by atoms with Gasteiger partial charge in [-0.05, 0) is 42.7 Å². The highest BCUT2D eigenvalue weighted by atomic mass is 32.2. The molecule has 27 heavy (non-hydrogen) atoms. The Hall–Kier alpha value is -2.71. The first-order valence-electron chi connectivity index (χ1n) is 8.54. The molecule has 0 saturated heterocycles. The molecule has 0 amide bonds. The fourth-order valence-electron chi connectivity index (χ4n) is 2.54. The van der Waals surface area contributed by atoms with E-state index in [2.05, 4.69) is 14.9 Å². The van der Waals surface area contributed by atoms with Gasteiger partial charge in [-0.15, -0.1) is 0 Å². The van der Waals surface area contributed by atoms with Crippen molar-refractivity contribution < 1.29 is 17.7 Å². The first kappa shape index (κ1) is 19.1. The highest BCUT2D eigenvalue weighted by Gasteiger charge is 2.14.